The van der Waals surface area contributed by atoms with Gasteiger partial charge in [-0.1, -0.05) is 6.07 Å². The molecule has 7 nitrogen and oxygen atoms in total. The number of nitrogens with zero attached hydrogens (tertiary/aromatic N) is 3. The Kier molecular flexibility index (Phi) is 3.43. The maximum absolute atomic E-state index is 9.32. The number of aromatic hydroxyl groups is 1. The van der Waals surface area contributed by atoms with Crippen LogP contribution in [0.25, 0.3) is 10.9 Å². The molecule has 118 valence electrons. The van der Waals surface area contributed by atoms with Crippen LogP contribution in [-0.4, -0.2) is 25.3 Å². The molecule has 0 amide bonds. The molecule has 4 aromatic rings. The Morgan fingerprint density at radius 2 is 1.83 bits per heavy atom. The van der Waals surface area contributed by atoms with Crippen LogP contribution >= 0.6 is 0 Å². The maximum atomic E-state index is 9.32. The summed E-state index contributed by atoms with van der Waals surface area (Å²) in [6.07, 6.45) is 3.45. The Balaban J connectivity index is 1.58. The highest BCUT2D eigenvalue weighted by Gasteiger charge is 2.05. The van der Waals surface area contributed by atoms with Gasteiger partial charge in [-0.05, 0) is 42.5 Å². The summed E-state index contributed by atoms with van der Waals surface area (Å²) in [5.74, 6) is 1.34. The van der Waals surface area contributed by atoms with Crippen molar-refractivity contribution < 1.29 is 5.11 Å². The third kappa shape index (κ3) is 2.82. The molecule has 0 atom stereocenters. The highest BCUT2D eigenvalue weighted by atomic mass is 16.3. The molecule has 0 saturated heterocycles. The molecule has 2 aromatic carbocycles. The first kappa shape index (κ1) is 14.0. The fraction of sp³-hybridized carbons (Fsp3) is 0. The van der Waals surface area contributed by atoms with E-state index in [1.807, 2.05) is 18.2 Å². The van der Waals surface area contributed by atoms with Crippen molar-refractivity contribution in [2.45, 2.75) is 0 Å². The number of fused-ring (bicyclic) bond motifs is 1. The number of phenols is 1. The number of rotatable bonds is 4. The van der Waals surface area contributed by atoms with Gasteiger partial charge in [0.2, 0.25) is 5.95 Å². The Morgan fingerprint density at radius 1 is 0.958 bits per heavy atom. The van der Waals surface area contributed by atoms with E-state index in [1.54, 1.807) is 42.7 Å². The fourth-order valence-electron chi connectivity index (χ4n) is 2.38. The number of nitrogens with one attached hydrogen (secondary N) is 3. The minimum atomic E-state index is 0.213. The second-order valence-corrected chi connectivity index (χ2v) is 5.20. The Hall–Kier alpha value is -3.61. The van der Waals surface area contributed by atoms with E-state index in [0.29, 0.717) is 11.8 Å². The van der Waals surface area contributed by atoms with Gasteiger partial charge in [-0.2, -0.15) is 10.1 Å². The quantitative estimate of drug-likeness (QED) is 0.430. The van der Waals surface area contributed by atoms with Crippen LogP contribution in [0.1, 0.15) is 0 Å². The normalized spacial score (nSPS) is 10.7. The van der Waals surface area contributed by atoms with Crippen LogP contribution in [0.4, 0.5) is 23.1 Å². The average molecular weight is 318 g/mol. The van der Waals surface area contributed by atoms with E-state index in [-0.39, 0.29) is 5.75 Å². The van der Waals surface area contributed by atoms with Crippen molar-refractivity contribution in [1.29, 1.82) is 0 Å². The molecule has 0 aliphatic rings. The van der Waals surface area contributed by atoms with E-state index >= 15 is 0 Å². The van der Waals surface area contributed by atoms with Gasteiger partial charge in [0, 0.05) is 17.3 Å². The van der Waals surface area contributed by atoms with Crippen LogP contribution in [0.5, 0.6) is 5.75 Å². The second kappa shape index (κ2) is 5.88. The largest absolute Gasteiger partial charge is 0.508 e. The van der Waals surface area contributed by atoms with Crippen molar-refractivity contribution in [2.24, 2.45) is 0 Å². The van der Waals surface area contributed by atoms with Gasteiger partial charge >= 0.3 is 0 Å². The minimum Gasteiger partial charge on any atom is -0.508 e. The predicted octanol–water partition coefficient (Wildman–Crippen LogP) is 3.55. The Labute approximate surface area is 137 Å². The number of benzene rings is 2. The molecule has 0 unspecified atom stereocenters. The van der Waals surface area contributed by atoms with Crippen LogP contribution < -0.4 is 10.6 Å². The zero-order valence-corrected chi connectivity index (χ0v) is 12.6. The molecule has 4 rings (SSSR count). The molecular weight excluding hydrogens is 304 g/mol. The van der Waals surface area contributed by atoms with Crippen LogP contribution in [0.2, 0.25) is 0 Å². The van der Waals surface area contributed by atoms with E-state index < -0.39 is 0 Å². The van der Waals surface area contributed by atoms with Crippen LogP contribution in [0.15, 0.2) is 60.9 Å². The summed E-state index contributed by atoms with van der Waals surface area (Å²) in [5.41, 5.74) is 2.66. The molecule has 4 N–H and O–H groups in total. The van der Waals surface area contributed by atoms with E-state index in [0.717, 1.165) is 22.3 Å². The molecule has 0 radical (unpaired) electrons. The van der Waals surface area contributed by atoms with Gasteiger partial charge in [0.15, 0.2) is 0 Å². The first-order valence-electron chi connectivity index (χ1n) is 7.36. The van der Waals surface area contributed by atoms with Crippen molar-refractivity contribution in [3.05, 3.63) is 60.9 Å². The summed E-state index contributed by atoms with van der Waals surface area (Å²) in [6, 6.07) is 14.4. The summed E-state index contributed by atoms with van der Waals surface area (Å²) < 4.78 is 0. The van der Waals surface area contributed by atoms with E-state index in [1.165, 1.54) is 0 Å². The summed E-state index contributed by atoms with van der Waals surface area (Å²) in [6.45, 7) is 0. The first-order valence-corrected chi connectivity index (χ1v) is 7.36. The summed E-state index contributed by atoms with van der Waals surface area (Å²) in [7, 11) is 0. The molecule has 0 fully saturated rings. The van der Waals surface area contributed by atoms with E-state index in [9.17, 15) is 5.11 Å². The SMILES string of the molecule is Oc1ccc(Nc2nccc(Nc3cccc4[nH]ncc34)n2)cc1. The smallest absolute Gasteiger partial charge is 0.229 e. The van der Waals surface area contributed by atoms with E-state index in [2.05, 4.69) is 30.8 Å². The zero-order valence-electron chi connectivity index (χ0n) is 12.6. The third-order valence-corrected chi connectivity index (χ3v) is 3.53. The molecule has 0 bridgehead atoms. The number of anilines is 4. The van der Waals surface area contributed by atoms with Gasteiger partial charge in [0.25, 0.3) is 0 Å². The summed E-state index contributed by atoms with van der Waals surface area (Å²) in [4.78, 5) is 8.66. The maximum Gasteiger partial charge on any atom is 0.229 e. The fourth-order valence-corrected chi connectivity index (χ4v) is 2.38. The average Bonchev–Trinajstić information content (AvgIpc) is 3.07. The number of aromatic amines is 1. The molecule has 0 saturated carbocycles. The topological polar surface area (TPSA) is 98.8 Å². The second-order valence-electron chi connectivity index (χ2n) is 5.20. The van der Waals surface area contributed by atoms with Crippen LogP contribution in [0.3, 0.4) is 0 Å². The molecule has 0 aliphatic heterocycles. The van der Waals surface area contributed by atoms with Gasteiger partial charge in [-0.15, -0.1) is 0 Å². The van der Waals surface area contributed by atoms with Crippen molar-refractivity contribution in [3.63, 3.8) is 0 Å². The first-order chi connectivity index (χ1) is 11.8. The minimum absolute atomic E-state index is 0.213. The third-order valence-electron chi connectivity index (χ3n) is 3.53. The predicted molar refractivity (Wildman–Crippen MR) is 92.8 cm³/mol. The number of hydrogen-bond donors (Lipinski definition) is 4. The van der Waals surface area contributed by atoms with Gasteiger partial charge in [-0.3, -0.25) is 5.10 Å². The van der Waals surface area contributed by atoms with Crippen molar-refractivity contribution in [2.75, 3.05) is 10.6 Å². The van der Waals surface area contributed by atoms with Crippen LogP contribution in [-0.2, 0) is 0 Å². The van der Waals surface area contributed by atoms with Crippen molar-refractivity contribution in [1.82, 2.24) is 20.2 Å². The lowest BCUT2D eigenvalue weighted by Crippen LogP contribution is -2.00. The number of aromatic nitrogens is 4. The van der Waals surface area contributed by atoms with Gasteiger partial charge in [0.1, 0.15) is 11.6 Å². The van der Waals surface area contributed by atoms with Crippen molar-refractivity contribution in [3.8, 4) is 5.75 Å². The van der Waals surface area contributed by atoms with Crippen LogP contribution in [0, 0.1) is 0 Å². The summed E-state index contributed by atoms with van der Waals surface area (Å²) in [5, 5.41) is 23.7. The Bertz CT molecular complexity index is 980. The lowest BCUT2D eigenvalue weighted by atomic mass is 10.2. The highest BCUT2D eigenvalue weighted by Crippen LogP contribution is 2.24. The molecule has 2 aromatic heterocycles. The molecule has 2 heterocycles. The lowest BCUT2D eigenvalue weighted by molar-refractivity contribution is 0.475. The zero-order chi connectivity index (χ0) is 16.4. The number of hydrogen-bond acceptors (Lipinski definition) is 6. The molecule has 24 heavy (non-hydrogen) atoms. The van der Waals surface area contributed by atoms with E-state index in [4.69, 9.17) is 0 Å². The molecule has 7 heteroatoms. The standard InChI is InChI=1S/C17H14N6O/c24-12-6-4-11(5-7-12)20-17-18-9-8-16(22-17)21-14-2-1-3-15-13(14)10-19-23-15/h1-10,24H,(H,19,23)(H2,18,20,21,22). The number of H-pyrrole nitrogens is 1. The van der Waals surface area contributed by atoms with Gasteiger partial charge in [0.05, 0.1) is 17.4 Å². The van der Waals surface area contributed by atoms with Crippen molar-refractivity contribution >= 4 is 34.0 Å². The molecule has 0 spiro atoms. The van der Waals surface area contributed by atoms with Gasteiger partial charge < -0.3 is 15.7 Å². The highest BCUT2D eigenvalue weighted by molar-refractivity contribution is 5.92. The summed E-state index contributed by atoms with van der Waals surface area (Å²) >= 11 is 0. The lowest BCUT2D eigenvalue weighted by Gasteiger charge is -2.09. The van der Waals surface area contributed by atoms with Gasteiger partial charge in [-0.25, -0.2) is 4.98 Å². The molecule has 0 aliphatic carbocycles. The number of phenolic OH excluding ortho intramolecular Hbond substituents is 1. The molecular formula is C17H14N6O. The Morgan fingerprint density at radius 3 is 2.71 bits per heavy atom. The monoisotopic (exact) mass is 318 g/mol.